The first-order valence-electron chi connectivity index (χ1n) is 6.82. The first kappa shape index (κ1) is 19.4. The number of esters is 1. The van der Waals surface area contributed by atoms with Gasteiger partial charge in [-0.25, -0.2) is 13.2 Å². The van der Waals surface area contributed by atoms with Gasteiger partial charge in [-0.1, -0.05) is 6.07 Å². The molecule has 11 heteroatoms. The molecule has 0 aliphatic rings. The van der Waals surface area contributed by atoms with Crippen molar-refractivity contribution in [2.75, 3.05) is 11.8 Å². The third-order valence-corrected chi connectivity index (χ3v) is 4.38. The van der Waals surface area contributed by atoms with Crippen LogP contribution in [0.4, 0.5) is 18.9 Å². The van der Waals surface area contributed by atoms with Crippen molar-refractivity contribution in [3.05, 3.63) is 48.0 Å². The molecule has 2 rings (SSSR count). The van der Waals surface area contributed by atoms with Crippen molar-refractivity contribution in [1.82, 2.24) is 0 Å². The molecule has 0 unspecified atom stereocenters. The van der Waals surface area contributed by atoms with Crippen LogP contribution >= 0.6 is 0 Å². The van der Waals surface area contributed by atoms with Gasteiger partial charge in [-0.15, -0.1) is 13.2 Å². The number of carbonyl (C=O) groups excluding carboxylic acids is 1. The summed E-state index contributed by atoms with van der Waals surface area (Å²) in [5.41, 5.74) is -0.298. The number of phenolic OH excluding ortho intramolecular Hbond substituents is 1. The molecule has 0 amide bonds. The molecule has 0 radical (unpaired) electrons. The zero-order valence-corrected chi connectivity index (χ0v) is 13.9. The van der Waals surface area contributed by atoms with E-state index < -0.39 is 38.7 Å². The van der Waals surface area contributed by atoms with E-state index in [2.05, 4.69) is 14.2 Å². The van der Waals surface area contributed by atoms with E-state index >= 15 is 0 Å². The Morgan fingerprint density at radius 1 is 1.15 bits per heavy atom. The van der Waals surface area contributed by atoms with E-state index in [-0.39, 0.29) is 11.3 Å². The van der Waals surface area contributed by atoms with Crippen LogP contribution < -0.4 is 9.46 Å². The highest BCUT2D eigenvalue weighted by Gasteiger charge is 2.31. The molecule has 0 saturated heterocycles. The standard InChI is InChI=1S/C15H12F3NO6S/c1-24-14(21)12-6-5-9(7-13(12)20)19-26(22,23)11-4-2-3-10(8-11)25-15(16,17)18/h2-8,19-20H,1H3. The van der Waals surface area contributed by atoms with Gasteiger partial charge in [-0.05, 0) is 24.3 Å². The minimum atomic E-state index is -4.97. The summed E-state index contributed by atoms with van der Waals surface area (Å²) in [5, 5.41) is 9.75. The fourth-order valence-electron chi connectivity index (χ4n) is 1.93. The van der Waals surface area contributed by atoms with Crippen molar-refractivity contribution in [2.24, 2.45) is 0 Å². The minimum Gasteiger partial charge on any atom is -0.507 e. The molecule has 0 aromatic heterocycles. The van der Waals surface area contributed by atoms with E-state index in [9.17, 15) is 31.5 Å². The van der Waals surface area contributed by atoms with Crippen molar-refractivity contribution in [3.8, 4) is 11.5 Å². The van der Waals surface area contributed by atoms with Gasteiger partial charge in [0, 0.05) is 12.1 Å². The molecule has 0 aliphatic heterocycles. The largest absolute Gasteiger partial charge is 0.573 e. The second kappa shape index (κ2) is 7.12. The molecule has 26 heavy (non-hydrogen) atoms. The maximum absolute atomic E-state index is 12.3. The van der Waals surface area contributed by atoms with Gasteiger partial charge in [0.1, 0.15) is 17.1 Å². The highest BCUT2D eigenvalue weighted by Crippen LogP contribution is 2.27. The number of hydrogen-bond donors (Lipinski definition) is 2. The molecule has 0 spiro atoms. The van der Waals surface area contributed by atoms with Gasteiger partial charge in [0.05, 0.1) is 17.7 Å². The van der Waals surface area contributed by atoms with Crippen LogP contribution in [0.1, 0.15) is 10.4 Å². The van der Waals surface area contributed by atoms with Crippen LogP contribution in [-0.2, 0) is 14.8 Å². The number of carbonyl (C=O) groups is 1. The Hall–Kier alpha value is -2.95. The van der Waals surface area contributed by atoms with E-state index in [1.807, 2.05) is 0 Å². The molecule has 2 aromatic rings. The van der Waals surface area contributed by atoms with Crippen molar-refractivity contribution in [2.45, 2.75) is 11.3 Å². The lowest BCUT2D eigenvalue weighted by Crippen LogP contribution is -2.18. The molecular formula is C15H12F3NO6S. The number of rotatable bonds is 5. The van der Waals surface area contributed by atoms with E-state index in [4.69, 9.17) is 0 Å². The first-order chi connectivity index (χ1) is 12.0. The molecule has 0 heterocycles. The van der Waals surface area contributed by atoms with E-state index in [0.29, 0.717) is 6.07 Å². The molecular weight excluding hydrogens is 379 g/mol. The second-order valence-corrected chi connectivity index (χ2v) is 6.53. The fraction of sp³-hybridized carbons (Fsp3) is 0.133. The zero-order valence-electron chi connectivity index (χ0n) is 13.1. The highest BCUT2D eigenvalue weighted by atomic mass is 32.2. The number of sulfonamides is 1. The van der Waals surface area contributed by atoms with Gasteiger partial charge in [-0.2, -0.15) is 0 Å². The van der Waals surface area contributed by atoms with Gasteiger partial charge < -0.3 is 14.6 Å². The van der Waals surface area contributed by atoms with Crippen molar-refractivity contribution in [1.29, 1.82) is 0 Å². The fourth-order valence-corrected chi connectivity index (χ4v) is 3.01. The molecule has 0 aliphatic carbocycles. The van der Waals surface area contributed by atoms with E-state index in [1.165, 1.54) is 6.07 Å². The smallest absolute Gasteiger partial charge is 0.507 e. The minimum absolute atomic E-state index is 0.114. The maximum atomic E-state index is 12.3. The number of aromatic hydroxyl groups is 1. The number of methoxy groups -OCH3 is 1. The number of alkyl halides is 3. The normalized spacial score (nSPS) is 11.7. The summed E-state index contributed by atoms with van der Waals surface area (Å²) in [5.74, 6) is -2.07. The van der Waals surface area contributed by atoms with Crippen molar-refractivity contribution >= 4 is 21.7 Å². The van der Waals surface area contributed by atoms with Crippen molar-refractivity contribution in [3.63, 3.8) is 0 Å². The predicted molar refractivity (Wildman–Crippen MR) is 83.4 cm³/mol. The third-order valence-electron chi connectivity index (χ3n) is 3.00. The number of halogens is 3. The topological polar surface area (TPSA) is 102 Å². The highest BCUT2D eigenvalue weighted by molar-refractivity contribution is 7.92. The lowest BCUT2D eigenvalue weighted by atomic mass is 10.2. The number of nitrogens with one attached hydrogen (secondary N) is 1. The maximum Gasteiger partial charge on any atom is 0.573 e. The number of benzene rings is 2. The molecule has 0 bridgehead atoms. The number of anilines is 1. The van der Waals surface area contributed by atoms with Crippen LogP contribution in [0.2, 0.25) is 0 Å². The summed E-state index contributed by atoms with van der Waals surface area (Å²) in [4.78, 5) is 10.9. The summed E-state index contributed by atoms with van der Waals surface area (Å²) < 4.78 is 71.5. The van der Waals surface area contributed by atoms with Gasteiger partial charge in [-0.3, -0.25) is 4.72 Å². The summed E-state index contributed by atoms with van der Waals surface area (Å²) in [6.07, 6.45) is -4.97. The average molecular weight is 391 g/mol. The summed E-state index contributed by atoms with van der Waals surface area (Å²) in [6, 6.07) is 7.05. The number of hydrogen-bond acceptors (Lipinski definition) is 6. The molecule has 140 valence electrons. The Balaban J connectivity index is 2.28. The molecule has 2 N–H and O–H groups in total. The number of phenols is 1. The van der Waals surface area contributed by atoms with Gasteiger partial charge in [0.15, 0.2) is 0 Å². The molecule has 7 nitrogen and oxygen atoms in total. The quantitative estimate of drug-likeness (QED) is 0.760. The van der Waals surface area contributed by atoms with Gasteiger partial charge in [0.25, 0.3) is 10.0 Å². The Kier molecular flexibility index (Phi) is 5.30. The number of ether oxygens (including phenoxy) is 2. The van der Waals surface area contributed by atoms with Crippen molar-refractivity contribution < 1.29 is 41.0 Å². The molecule has 0 saturated carbocycles. The Morgan fingerprint density at radius 2 is 1.85 bits per heavy atom. The van der Waals surface area contributed by atoms with Gasteiger partial charge >= 0.3 is 12.3 Å². The van der Waals surface area contributed by atoms with E-state index in [1.54, 1.807) is 0 Å². The molecule has 0 fully saturated rings. The second-order valence-electron chi connectivity index (χ2n) is 4.85. The summed E-state index contributed by atoms with van der Waals surface area (Å²) >= 11 is 0. The predicted octanol–water partition coefficient (Wildman–Crippen LogP) is 2.88. The van der Waals surface area contributed by atoms with Crippen LogP contribution in [0, 0.1) is 0 Å². The van der Waals surface area contributed by atoms with Crippen LogP contribution in [0.15, 0.2) is 47.4 Å². The zero-order chi connectivity index (χ0) is 19.5. The van der Waals surface area contributed by atoms with Crippen LogP contribution in [-0.4, -0.2) is 33.0 Å². The molecule has 2 aromatic carbocycles. The average Bonchev–Trinajstić information content (AvgIpc) is 2.52. The monoisotopic (exact) mass is 391 g/mol. The van der Waals surface area contributed by atoms with Crippen LogP contribution in [0.5, 0.6) is 11.5 Å². The lowest BCUT2D eigenvalue weighted by Gasteiger charge is -2.12. The third kappa shape index (κ3) is 4.79. The molecule has 0 atom stereocenters. The van der Waals surface area contributed by atoms with E-state index in [0.717, 1.165) is 37.4 Å². The lowest BCUT2D eigenvalue weighted by molar-refractivity contribution is -0.274. The first-order valence-corrected chi connectivity index (χ1v) is 8.30. The SMILES string of the molecule is COC(=O)c1ccc(NS(=O)(=O)c2cccc(OC(F)(F)F)c2)cc1O. The summed E-state index contributed by atoms with van der Waals surface area (Å²) in [6.45, 7) is 0. The Bertz CT molecular complexity index is 927. The van der Waals surface area contributed by atoms with Gasteiger partial charge in [0.2, 0.25) is 0 Å². The van der Waals surface area contributed by atoms with Crippen LogP contribution in [0.3, 0.4) is 0 Å². The Morgan fingerprint density at radius 3 is 2.42 bits per heavy atom. The Labute approximate surface area is 146 Å². The summed E-state index contributed by atoms with van der Waals surface area (Å²) in [7, 11) is -3.17. The van der Waals surface area contributed by atoms with Crippen LogP contribution in [0.25, 0.3) is 0 Å².